The molecular formula is C17H18N4O. The number of nitrogen functional groups attached to an aromatic ring is 1. The van der Waals surface area contributed by atoms with E-state index in [1.165, 1.54) is 0 Å². The number of nitrogens with two attached hydrogens (primary N) is 1. The van der Waals surface area contributed by atoms with Crippen molar-refractivity contribution in [2.75, 3.05) is 23.7 Å². The van der Waals surface area contributed by atoms with Gasteiger partial charge < -0.3 is 15.7 Å². The van der Waals surface area contributed by atoms with E-state index in [4.69, 9.17) is 5.73 Å². The molecule has 1 aliphatic heterocycles. The topological polar surface area (TPSA) is 86.2 Å². The minimum Gasteiger partial charge on any atom is -0.399 e. The van der Waals surface area contributed by atoms with E-state index in [1.807, 2.05) is 36.1 Å². The number of β-amino-alcohol motifs (C(OH)–C–C–N with tert-alkyl or cyclic N) is 1. The van der Waals surface area contributed by atoms with Crippen molar-refractivity contribution >= 4 is 11.5 Å². The van der Waals surface area contributed by atoms with Gasteiger partial charge in [0.25, 0.3) is 0 Å². The van der Waals surface area contributed by atoms with E-state index in [9.17, 15) is 10.4 Å². The minimum atomic E-state index is -0.697. The predicted molar refractivity (Wildman–Crippen MR) is 86.4 cm³/mol. The van der Waals surface area contributed by atoms with Crippen molar-refractivity contribution in [1.82, 2.24) is 4.98 Å². The van der Waals surface area contributed by atoms with Crippen LogP contribution in [-0.4, -0.2) is 28.8 Å². The summed E-state index contributed by atoms with van der Waals surface area (Å²) in [4.78, 5) is 6.35. The maximum absolute atomic E-state index is 9.84. The molecule has 5 heteroatoms. The van der Waals surface area contributed by atoms with Crippen molar-refractivity contribution < 1.29 is 5.11 Å². The standard InChI is InChI=1S/C17H18N4O/c1-11-3-4-14(19)6-15(11)13-5-12(7-18)16(20-8-13)21-9-17(2,22)10-21/h3-6,8,22H,9-10,19H2,1-2H3. The summed E-state index contributed by atoms with van der Waals surface area (Å²) in [6.45, 7) is 4.76. The Morgan fingerprint density at radius 3 is 2.73 bits per heavy atom. The number of rotatable bonds is 2. The lowest BCUT2D eigenvalue weighted by Gasteiger charge is -2.45. The Balaban J connectivity index is 1.99. The quantitative estimate of drug-likeness (QED) is 0.828. The Hall–Kier alpha value is -2.58. The molecular weight excluding hydrogens is 276 g/mol. The van der Waals surface area contributed by atoms with Gasteiger partial charge >= 0.3 is 0 Å². The molecule has 1 aliphatic rings. The lowest BCUT2D eigenvalue weighted by molar-refractivity contribution is 0.0305. The van der Waals surface area contributed by atoms with Gasteiger partial charge in [0, 0.05) is 30.5 Å². The van der Waals surface area contributed by atoms with Gasteiger partial charge in [-0.25, -0.2) is 4.98 Å². The van der Waals surface area contributed by atoms with Crippen molar-refractivity contribution in [3.8, 4) is 17.2 Å². The second-order valence-electron chi connectivity index (χ2n) is 6.13. The monoisotopic (exact) mass is 294 g/mol. The summed E-state index contributed by atoms with van der Waals surface area (Å²) in [6, 6.07) is 9.73. The summed E-state index contributed by atoms with van der Waals surface area (Å²) in [5.41, 5.74) is 9.28. The summed E-state index contributed by atoms with van der Waals surface area (Å²) in [7, 11) is 0. The number of aliphatic hydroxyl groups is 1. The molecule has 0 spiro atoms. The largest absolute Gasteiger partial charge is 0.399 e. The molecule has 5 nitrogen and oxygen atoms in total. The van der Waals surface area contributed by atoms with E-state index >= 15 is 0 Å². The number of aromatic nitrogens is 1. The van der Waals surface area contributed by atoms with Gasteiger partial charge in [0.2, 0.25) is 0 Å². The maximum Gasteiger partial charge on any atom is 0.146 e. The average molecular weight is 294 g/mol. The highest BCUT2D eigenvalue weighted by Crippen LogP contribution is 2.32. The van der Waals surface area contributed by atoms with Crippen LogP contribution in [0.5, 0.6) is 0 Å². The SMILES string of the molecule is Cc1ccc(N)cc1-c1cnc(N2CC(C)(O)C2)c(C#N)c1. The molecule has 1 aromatic heterocycles. The zero-order valence-electron chi connectivity index (χ0n) is 12.7. The third kappa shape index (κ3) is 2.49. The van der Waals surface area contributed by atoms with Crippen LogP contribution in [0.15, 0.2) is 30.5 Å². The molecule has 2 aromatic rings. The van der Waals surface area contributed by atoms with Crippen LogP contribution in [0, 0.1) is 18.3 Å². The number of benzene rings is 1. The van der Waals surface area contributed by atoms with Crippen molar-refractivity contribution in [1.29, 1.82) is 5.26 Å². The number of aryl methyl sites for hydroxylation is 1. The van der Waals surface area contributed by atoms with Crippen LogP contribution >= 0.6 is 0 Å². The van der Waals surface area contributed by atoms with E-state index in [2.05, 4.69) is 11.1 Å². The van der Waals surface area contributed by atoms with Gasteiger partial charge in [0.15, 0.2) is 0 Å². The first-order valence-corrected chi connectivity index (χ1v) is 7.13. The maximum atomic E-state index is 9.84. The zero-order chi connectivity index (χ0) is 15.9. The highest BCUT2D eigenvalue weighted by molar-refractivity contribution is 5.73. The second kappa shape index (κ2) is 5.00. The molecule has 0 unspecified atom stereocenters. The lowest BCUT2D eigenvalue weighted by Crippen LogP contribution is -2.60. The van der Waals surface area contributed by atoms with E-state index in [0.717, 1.165) is 16.7 Å². The molecule has 0 saturated carbocycles. The molecule has 22 heavy (non-hydrogen) atoms. The number of nitrogens with zero attached hydrogens (tertiary/aromatic N) is 3. The third-order valence-electron chi connectivity index (χ3n) is 3.92. The predicted octanol–water partition coefficient (Wildman–Crippen LogP) is 2.08. The van der Waals surface area contributed by atoms with Gasteiger partial charge in [-0.2, -0.15) is 5.26 Å². The van der Waals surface area contributed by atoms with Crippen LogP contribution in [0.1, 0.15) is 18.1 Å². The molecule has 1 fully saturated rings. The Morgan fingerprint density at radius 1 is 1.36 bits per heavy atom. The van der Waals surface area contributed by atoms with Crippen molar-refractivity contribution in [3.63, 3.8) is 0 Å². The summed E-state index contributed by atoms with van der Waals surface area (Å²) in [5.74, 6) is 0.624. The van der Waals surface area contributed by atoms with Gasteiger partial charge in [-0.1, -0.05) is 6.07 Å². The number of anilines is 2. The van der Waals surface area contributed by atoms with Crippen molar-refractivity contribution in [2.45, 2.75) is 19.4 Å². The van der Waals surface area contributed by atoms with Crippen LogP contribution in [0.3, 0.4) is 0 Å². The minimum absolute atomic E-state index is 0.491. The summed E-state index contributed by atoms with van der Waals surface area (Å²) in [6.07, 6.45) is 1.75. The highest BCUT2D eigenvalue weighted by atomic mass is 16.3. The molecule has 1 aromatic carbocycles. The summed E-state index contributed by atoms with van der Waals surface area (Å²) in [5, 5.41) is 19.3. The Labute approximate surface area is 129 Å². The van der Waals surface area contributed by atoms with Gasteiger partial charge in [-0.3, -0.25) is 0 Å². The van der Waals surface area contributed by atoms with Crippen molar-refractivity contribution in [2.24, 2.45) is 0 Å². The fourth-order valence-electron chi connectivity index (χ4n) is 2.82. The van der Waals surface area contributed by atoms with E-state index in [0.29, 0.717) is 30.2 Å². The first-order chi connectivity index (χ1) is 10.4. The molecule has 0 aliphatic carbocycles. The fraction of sp³-hybridized carbons (Fsp3) is 0.294. The number of nitriles is 1. The zero-order valence-corrected chi connectivity index (χ0v) is 12.7. The lowest BCUT2D eigenvalue weighted by atomic mass is 9.95. The summed E-state index contributed by atoms with van der Waals surface area (Å²) >= 11 is 0. The normalized spacial score (nSPS) is 16.0. The van der Waals surface area contributed by atoms with Crippen LogP contribution in [0.2, 0.25) is 0 Å². The molecule has 0 atom stereocenters. The molecule has 112 valence electrons. The van der Waals surface area contributed by atoms with Crippen molar-refractivity contribution in [3.05, 3.63) is 41.6 Å². The Morgan fingerprint density at radius 2 is 2.09 bits per heavy atom. The van der Waals surface area contributed by atoms with Gasteiger partial charge in [0.05, 0.1) is 11.2 Å². The molecule has 0 amide bonds. The van der Waals surface area contributed by atoms with Crippen LogP contribution in [0.25, 0.3) is 11.1 Å². The Kier molecular flexibility index (Phi) is 3.27. The first kappa shape index (κ1) is 14.4. The Bertz CT molecular complexity index is 769. The molecule has 3 rings (SSSR count). The van der Waals surface area contributed by atoms with Crippen LogP contribution in [0.4, 0.5) is 11.5 Å². The van der Waals surface area contributed by atoms with Gasteiger partial charge in [-0.05, 0) is 43.2 Å². The van der Waals surface area contributed by atoms with Gasteiger partial charge in [0.1, 0.15) is 11.9 Å². The molecule has 1 saturated heterocycles. The fourth-order valence-corrected chi connectivity index (χ4v) is 2.82. The number of hydrogen-bond acceptors (Lipinski definition) is 5. The molecule has 0 bridgehead atoms. The number of pyridine rings is 1. The number of hydrogen-bond donors (Lipinski definition) is 2. The molecule has 0 radical (unpaired) electrons. The van der Waals surface area contributed by atoms with E-state index < -0.39 is 5.60 Å². The smallest absolute Gasteiger partial charge is 0.146 e. The van der Waals surface area contributed by atoms with E-state index in [-0.39, 0.29) is 0 Å². The van der Waals surface area contributed by atoms with Crippen LogP contribution in [-0.2, 0) is 0 Å². The first-order valence-electron chi connectivity index (χ1n) is 7.13. The second-order valence-corrected chi connectivity index (χ2v) is 6.13. The molecule has 2 heterocycles. The average Bonchev–Trinajstić information content (AvgIpc) is 2.46. The summed E-state index contributed by atoms with van der Waals surface area (Å²) < 4.78 is 0. The van der Waals surface area contributed by atoms with E-state index in [1.54, 1.807) is 13.1 Å². The van der Waals surface area contributed by atoms with Gasteiger partial charge in [-0.15, -0.1) is 0 Å². The third-order valence-corrected chi connectivity index (χ3v) is 3.92. The highest BCUT2D eigenvalue weighted by Gasteiger charge is 2.38. The van der Waals surface area contributed by atoms with Crippen LogP contribution < -0.4 is 10.6 Å². The molecule has 3 N–H and O–H groups in total.